The molecule has 0 aromatic heterocycles. The molecule has 26 heavy (non-hydrogen) atoms. The van der Waals surface area contributed by atoms with Gasteiger partial charge in [0.05, 0.1) is 19.7 Å². The topological polar surface area (TPSA) is 66.0 Å². The second kappa shape index (κ2) is 12.2. The number of amides is 1. The summed E-state index contributed by atoms with van der Waals surface area (Å²) in [7, 11) is 3.48. The largest absolute Gasteiger partial charge is 0.493 e. The Bertz CT molecular complexity index is 585. The van der Waals surface area contributed by atoms with Crippen molar-refractivity contribution in [3.05, 3.63) is 29.3 Å². The molecule has 1 amide bonds. The molecule has 0 bridgehead atoms. The lowest BCUT2D eigenvalue weighted by Gasteiger charge is -2.15. The minimum absolute atomic E-state index is 0.00545. The van der Waals surface area contributed by atoms with E-state index in [1.54, 1.807) is 19.0 Å². The first-order chi connectivity index (χ1) is 12.5. The summed E-state index contributed by atoms with van der Waals surface area (Å²) in [6.07, 6.45) is 3.41. The Labute approximate surface area is 158 Å². The van der Waals surface area contributed by atoms with Crippen LogP contribution in [0.5, 0.6) is 5.75 Å². The lowest BCUT2D eigenvalue weighted by molar-refractivity contribution is -0.127. The summed E-state index contributed by atoms with van der Waals surface area (Å²) in [5.74, 6) is 1.52. The number of hydrogen-bond acceptors (Lipinski definition) is 3. The molecule has 0 unspecified atom stereocenters. The summed E-state index contributed by atoms with van der Waals surface area (Å²) < 4.78 is 5.97. The van der Waals surface area contributed by atoms with E-state index in [1.165, 1.54) is 18.4 Å². The second-order valence-electron chi connectivity index (χ2n) is 6.50. The monoisotopic (exact) mass is 362 g/mol. The zero-order valence-electron chi connectivity index (χ0n) is 16.9. The van der Waals surface area contributed by atoms with Crippen molar-refractivity contribution in [1.82, 2.24) is 15.5 Å². The van der Waals surface area contributed by atoms with E-state index in [0.29, 0.717) is 12.5 Å². The minimum Gasteiger partial charge on any atom is -0.493 e. The maximum absolute atomic E-state index is 11.7. The third-order valence-electron chi connectivity index (χ3n) is 3.89. The van der Waals surface area contributed by atoms with Gasteiger partial charge >= 0.3 is 0 Å². The van der Waals surface area contributed by atoms with Gasteiger partial charge in [0.1, 0.15) is 5.75 Å². The van der Waals surface area contributed by atoms with E-state index in [4.69, 9.17) is 4.74 Å². The van der Waals surface area contributed by atoms with Crippen LogP contribution in [0.4, 0.5) is 0 Å². The number of ether oxygens (including phenoxy) is 1. The summed E-state index contributed by atoms with van der Waals surface area (Å²) >= 11 is 0. The summed E-state index contributed by atoms with van der Waals surface area (Å²) in [5, 5.41) is 6.23. The van der Waals surface area contributed by atoms with Crippen molar-refractivity contribution in [3.8, 4) is 5.75 Å². The molecule has 1 aromatic rings. The quantitative estimate of drug-likeness (QED) is 0.382. The van der Waals surface area contributed by atoms with Gasteiger partial charge in [-0.25, -0.2) is 4.99 Å². The molecule has 0 fully saturated rings. The van der Waals surface area contributed by atoms with E-state index in [9.17, 15) is 4.79 Å². The molecule has 0 saturated heterocycles. The molecule has 0 aliphatic carbocycles. The van der Waals surface area contributed by atoms with E-state index in [2.05, 4.69) is 47.7 Å². The summed E-state index contributed by atoms with van der Waals surface area (Å²) in [6, 6.07) is 6.19. The molecule has 0 saturated carbocycles. The molecule has 0 heterocycles. The third kappa shape index (κ3) is 8.23. The number of nitrogens with zero attached hydrogens (tertiary/aromatic N) is 2. The molecule has 0 aliphatic rings. The molecule has 146 valence electrons. The smallest absolute Gasteiger partial charge is 0.241 e. The van der Waals surface area contributed by atoms with Crippen molar-refractivity contribution in [2.75, 3.05) is 33.8 Å². The molecule has 1 rings (SSSR count). The van der Waals surface area contributed by atoms with Gasteiger partial charge < -0.3 is 20.3 Å². The van der Waals surface area contributed by atoms with Crippen molar-refractivity contribution in [2.24, 2.45) is 4.99 Å². The number of hydrogen-bond donors (Lipinski definition) is 2. The van der Waals surface area contributed by atoms with Gasteiger partial charge in [0.15, 0.2) is 5.96 Å². The number of likely N-dealkylation sites (N-methyl/N-ethyl adjacent to an activating group) is 1. The molecular formula is C20H34N4O2. The van der Waals surface area contributed by atoms with Crippen LogP contribution in [0.1, 0.15) is 44.2 Å². The summed E-state index contributed by atoms with van der Waals surface area (Å²) in [4.78, 5) is 17.9. The van der Waals surface area contributed by atoms with Crippen LogP contribution in [0, 0.1) is 6.92 Å². The van der Waals surface area contributed by atoms with Crippen LogP contribution in [-0.4, -0.2) is 50.6 Å². The maximum atomic E-state index is 11.7. The van der Waals surface area contributed by atoms with E-state index >= 15 is 0 Å². The number of carbonyl (C=O) groups is 1. The van der Waals surface area contributed by atoms with E-state index < -0.39 is 0 Å². The fourth-order valence-corrected chi connectivity index (χ4v) is 2.28. The van der Waals surface area contributed by atoms with Crippen LogP contribution in [0.2, 0.25) is 0 Å². The average molecular weight is 363 g/mol. The van der Waals surface area contributed by atoms with Gasteiger partial charge in [-0.05, 0) is 31.9 Å². The highest BCUT2D eigenvalue weighted by molar-refractivity contribution is 5.86. The second-order valence-corrected chi connectivity index (χ2v) is 6.50. The Morgan fingerprint density at radius 2 is 1.96 bits per heavy atom. The molecule has 0 spiro atoms. The minimum atomic E-state index is 0.00545. The van der Waals surface area contributed by atoms with Crippen molar-refractivity contribution < 1.29 is 9.53 Å². The number of nitrogens with one attached hydrogen (secondary N) is 2. The van der Waals surface area contributed by atoms with Crippen LogP contribution in [0.3, 0.4) is 0 Å². The Morgan fingerprint density at radius 1 is 1.19 bits per heavy atom. The van der Waals surface area contributed by atoms with Crippen LogP contribution in [0.25, 0.3) is 0 Å². The normalized spacial score (nSPS) is 11.2. The fraction of sp³-hybridized carbons (Fsp3) is 0.600. The van der Waals surface area contributed by atoms with Crippen LogP contribution in [0.15, 0.2) is 23.2 Å². The SMILES string of the molecule is CCCCCOc1cc(C)ccc1CN=C(NCC)NCC(=O)N(C)C. The van der Waals surface area contributed by atoms with Crippen molar-refractivity contribution in [2.45, 2.75) is 46.6 Å². The number of benzene rings is 1. The van der Waals surface area contributed by atoms with Gasteiger partial charge in [-0.15, -0.1) is 0 Å². The standard InChI is InChI=1S/C20H34N4O2/c1-6-8-9-12-26-18-13-16(3)10-11-17(18)14-22-20(21-7-2)23-15-19(25)24(4)5/h10-11,13H,6-9,12,14-15H2,1-5H3,(H2,21,22,23). The summed E-state index contributed by atoms with van der Waals surface area (Å²) in [5.41, 5.74) is 2.22. The van der Waals surface area contributed by atoms with Crippen LogP contribution in [-0.2, 0) is 11.3 Å². The van der Waals surface area contributed by atoms with Crippen molar-refractivity contribution >= 4 is 11.9 Å². The predicted octanol–water partition coefficient (Wildman–Crippen LogP) is 2.71. The molecule has 6 nitrogen and oxygen atoms in total. The van der Waals surface area contributed by atoms with E-state index in [-0.39, 0.29) is 12.5 Å². The number of aliphatic imine (C=N–C) groups is 1. The molecule has 0 atom stereocenters. The molecule has 1 aromatic carbocycles. The van der Waals surface area contributed by atoms with Gasteiger partial charge in [-0.1, -0.05) is 31.9 Å². The molecule has 2 N–H and O–H groups in total. The Morgan fingerprint density at radius 3 is 2.62 bits per heavy atom. The third-order valence-corrected chi connectivity index (χ3v) is 3.89. The zero-order valence-corrected chi connectivity index (χ0v) is 16.9. The number of unbranched alkanes of at least 4 members (excludes halogenated alkanes) is 2. The van der Waals surface area contributed by atoms with Crippen LogP contribution < -0.4 is 15.4 Å². The van der Waals surface area contributed by atoms with Gasteiger partial charge in [0.2, 0.25) is 5.91 Å². The first-order valence-electron chi connectivity index (χ1n) is 9.42. The fourth-order valence-electron chi connectivity index (χ4n) is 2.28. The Balaban J connectivity index is 2.75. The number of rotatable bonds is 10. The Kier molecular flexibility index (Phi) is 10.2. The number of aryl methyl sites for hydroxylation is 1. The lowest BCUT2D eigenvalue weighted by atomic mass is 10.1. The highest BCUT2D eigenvalue weighted by atomic mass is 16.5. The van der Waals surface area contributed by atoms with Crippen molar-refractivity contribution in [1.29, 1.82) is 0 Å². The van der Waals surface area contributed by atoms with Crippen LogP contribution >= 0.6 is 0 Å². The maximum Gasteiger partial charge on any atom is 0.241 e. The lowest BCUT2D eigenvalue weighted by Crippen LogP contribution is -2.42. The highest BCUT2D eigenvalue weighted by Gasteiger charge is 2.07. The summed E-state index contributed by atoms with van der Waals surface area (Å²) in [6.45, 7) is 8.41. The first kappa shape index (κ1) is 21.8. The van der Waals surface area contributed by atoms with Gasteiger partial charge in [0, 0.05) is 26.2 Å². The molecule has 6 heteroatoms. The van der Waals surface area contributed by atoms with E-state index in [1.807, 2.05) is 6.92 Å². The molecule has 0 aliphatic heterocycles. The van der Waals surface area contributed by atoms with Gasteiger partial charge in [-0.2, -0.15) is 0 Å². The molecular weight excluding hydrogens is 328 g/mol. The highest BCUT2D eigenvalue weighted by Crippen LogP contribution is 2.21. The zero-order chi connectivity index (χ0) is 19.4. The van der Waals surface area contributed by atoms with Crippen molar-refractivity contribution in [3.63, 3.8) is 0 Å². The first-order valence-corrected chi connectivity index (χ1v) is 9.42. The number of guanidine groups is 1. The molecule has 0 radical (unpaired) electrons. The predicted molar refractivity (Wildman–Crippen MR) is 108 cm³/mol. The average Bonchev–Trinajstić information content (AvgIpc) is 2.61. The van der Waals surface area contributed by atoms with Gasteiger partial charge in [0.25, 0.3) is 0 Å². The Hall–Kier alpha value is -2.24. The van der Waals surface area contributed by atoms with E-state index in [0.717, 1.165) is 30.9 Å². The van der Waals surface area contributed by atoms with Gasteiger partial charge in [-0.3, -0.25) is 4.79 Å². The number of carbonyl (C=O) groups excluding carboxylic acids is 1.